The van der Waals surface area contributed by atoms with Crippen LogP contribution in [0.25, 0.3) is 0 Å². The van der Waals surface area contributed by atoms with Gasteiger partial charge in [0.25, 0.3) is 0 Å². The van der Waals surface area contributed by atoms with Crippen LogP contribution in [0.15, 0.2) is 6.20 Å². The van der Waals surface area contributed by atoms with Crippen molar-refractivity contribution < 1.29 is 17.9 Å². The first-order valence-electron chi connectivity index (χ1n) is 3.74. The average Bonchev–Trinajstić information content (AvgIpc) is 2.11. The normalized spacial score (nSPS) is 11.5. The summed E-state index contributed by atoms with van der Waals surface area (Å²) >= 11 is 1.63. The van der Waals surface area contributed by atoms with E-state index in [2.05, 4.69) is 9.72 Å². The van der Waals surface area contributed by atoms with Gasteiger partial charge in [-0.25, -0.2) is 4.98 Å². The van der Waals surface area contributed by atoms with Gasteiger partial charge in [0.2, 0.25) is 5.88 Å². The molecule has 0 fully saturated rings. The zero-order chi connectivity index (χ0) is 11.6. The minimum atomic E-state index is -4.77. The molecule has 1 aromatic heterocycles. The number of nitrogen functional groups attached to an aromatic ring is 1. The Balaban J connectivity index is 3.07. The number of rotatable bonds is 2. The van der Waals surface area contributed by atoms with Gasteiger partial charge >= 0.3 is 6.36 Å². The molecule has 84 valence electrons. The Morgan fingerprint density at radius 2 is 2.07 bits per heavy atom. The van der Waals surface area contributed by atoms with E-state index in [4.69, 9.17) is 11.5 Å². The molecule has 0 radical (unpaired) electrons. The van der Waals surface area contributed by atoms with Crippen molar-refractivity contribution in [1.82, 2.24) is 4.98 Å². The zero-order valence-electron chi connectivity index (χ0n) is 7.31. The first-order chi connectivity index (χ1) is 6.85. The SMILES string of the molecule is NCc1cnc(OC(F)(F)F)c(I)c1N. The third-order valence-electron chi connectivity index (χ3n) is 1.54. The summed E-state index contributed by atoms with van der Waals surface area (Å²) in [6.45, 7) is 0.112. The Morgan fingerprint density at radius 1 is 1.47 bits per heavy atom. The standard InChI is InChI=1S/C7H7F3IN3O/c8-7(9,10)15-6-4(11)5(13)3(1-12)2-14-6/h2H,1,12H2,(H2,13,14). The smallest absolute Gasteiger partial charge is 0.397 e. The molecule has 0 saturated heterocycles. The number of hydrogen-bond acceptors (Lipinski definition) is 4. The molecule has 1 rings (SSSR count). The third kappa shape index (κ3) is 3.09. The van der Waals surface area contributed by atoms with Crippen LogP contribution in [0.3, 0.4) is 0 Å². The van der Waals surface area contributed by atoms with Crippen molar-refractivity contribution in [3.05, 3.63) is 15.3 Å². The molecule has 0 aromatic carbocycles. The van der Waals surface area contributed by atoms with Crippen LogP contribution in [0, 0.1) is 3.57 Å². The van der Waals surface area contributed by atoms with Gasteiger partial charge in [-0.3, -0.25) is 0 Å². The highest BCUT2D eigenvalue weighted by atomic mass is 127. The molecule has 0 amide bonds. The second-order valence-electron chi connectivity index (χ2n) is 2.57. The van der Waals surface area contributed by atoms with Gasteiger partial charge in [-0.05, 0) is 22.6 Å². The van der Waals surface area contributed by atoms with E-state index < -0.39 is 12.2 Å². The van der Waals surface area contributed by atoms with Crippen LogP contribution >= 0.6 is 22.6 Å². The molecule has 0 bridgehead atoms. The summed E-state index contributed by atoms with van der Waals surface area (Å²) < 4.78 is 39.5. The molecular formula is C7H7F3IN3O. The van der Waals surface area contributed by atoms with Gasteiger partial charge in [-0.15, -0.1) is 13.2 Å². The van der Waals surface area contributed by atoms with Crippen molar-refractivity contribution in [2.75, 3.05) is 5.73 Å². The summed E-state index contributed by atoms with van der Waals surface area (Å²) in [5.41, 5.74) is 11.5. The van der Waals surface area contributed by atoms with E-state index in [9.17, 15) is 13.2 Å². The number of anilines is 1. The lowest BCUT2D eigenvalue weighted by molar-refractivity contribution is -0.276. The lowest BCUT2D eigenvalue weighted by Gasteiger charge is -2.12. The van der Waals surface area contributed by atoms with Crippen LogP contribution in [0.4, 0.5) is 18.9 Å². The Labute approximate surface area is 96.9 Å². The van der Waals surface area contributed by atoms with Gasteiger partial charge in [0.05, 0.1) is 9.26 Å². The van der Waals surface area contributed by atoms with Gasteiger partial charge in [-0.2, -0.15) is 0 Å². The van der Waals surface area contributed by atoms with Gasteiger partial charge in [-0.1, -0.05) is 0 Å². The van der Waals surface area contributed by atoms with E-state index in [0.29, 0.717) is 5.56 Å². The molecule has 0 atom stereocenters. The molecule has 1 heterocycles. The van der Waals surface area contributed by atoms with Crippen molar-refractivity contribution in [3.8, 4) is 5.88 Å². The number of alkyl halides is 3. The second-order valence-corrected chi connectivity index (χ2v) is 3.65. The molecule has 0 aliphatic rings. The summed E-state index contributed by atoms with van der Waals surface area (Å²) in [5, 5.41) is 0. The van der Waals surface area contributed by atoms with E-state index >= 15 is 0 Å². The van der Waals surface area contributed by atoms with Crippen LogP contribution in [0.1, 0.15) is 5.56 Å². The Morgan fingerprint density at radius 3 is 2.53 bits per heavy atom. The topological polar surface area (TPSA) is 74.2 Å². The molecular weight excluding hydrogens is 326 g/mol. The van der Waals surface area contributed by atoms with Gasteiger partial charge in [0.1, 0.15) is 0 Å². The first-order valence-corrected chi connectivity index (χ1v) is 4.81. The summed E-state index contributed by atoms with van der Waals surface area (Å²) in [6.07, 6.45) is -3.61. The highest BCUT2D eigenvalue weighted by Gasteiger charge is 2.33. The summed E-state index contributed by atoms with van der Waals surface area (Å²) in [5.74, 6) is -0.558. The molecule has 0 aliphatic carbocycles. The molecule has 4 N–H and O–H groups in total. The molecule has 15 heavy (non-hydrogen) atoms. The maximum absolute atomic E-state index is 11.9. The van der Waals surface area contributed by atoms with Crippen molar-refractivity contribution in [2.24, 2.45) is 5.73 Å². The monoisotopic (exact) mass is 333 g/mol. The fourth-order valence-electron chi connectivity index (χ4n) is 0.862. The molecule has 1 aromatic rings. The zero-order valence-corrected chi connectivity index (χ0v) is 9.46. The minimum Gasteiger partial charge on any atom is -0.397 e. The van der Waals surface area contributed by atoms with E-state index in [1.54, 1.807) is 22.6 Å². The molecule has 0 saturated carbocycles. The Hall–Kier alpha value is -0.770. The van der Waals surface area contributed by atoms with Crippen LogP contribution in [0.5, 0.6) is 5.88 Å². The van der Waals surface area contributed by atoms with E-state index in [0.717, 1.165) is 0 Å². The number of aromatic nitrogens is 1. The fraction of sp³-hybridized carbons (Fsp3) is 0.286. The maximum Gasteiger partial charge on any atom is 0.574 e. The number of nitrogens with two attached hydrogens (primary N) is 2. The van der Waals surface area contributed by atoms with E-state index in [1.807, 2.05) is 0 Å². The number of ether oxygens (including phenoxy) is 1. The van der Waals surface area contributed by atoms with E-state index in [1.165, 1.54) is 6.20 Å². The highest BCUT2D eigenvalue weighted by molar-refractivity contribution is 14.1. The minimum absolute atomic E-state index is 0.105. The van der Waals surface area contributed by atoms with E-state index in [-0.39, 0.29) is 15.8 Å². The van der Waals surface area contributed by atoms with Crippen molar-refractivity contribution in [1.29, 1.82) is 0 Å². The van der Waals surface area contributed by atoms with Crippen LogP contribution in [-0.4, -0.2) is 11.3 Å². The lowest BCUT2D eigenvalue weighted by atomic mass is 10.2. The number of pyridine rings is 1. The fourth-order valence-corrected chi connectivity index (χ4v) is 1.46. The van der Waals surface area contributed by atoms with Crippen LogP contribution in [-0.2, 0) is 6.54 Å². The highest BCUT2D eigenvalue weighted by Crippen LogP contribution is 2.30. The second kappa shape index (κ2) is 4.39. The van der Waals surface area contributed by atoms with Crippen LogP contribution < -0.4 is 16.2 Å². The molecule has 0 unspecified atom stereocenters. The Kier molecular flexibility index (Phi) is 3.60. The largest absolute Gasteiger partial charge is 0.574 e. The van der Waals surface area contributed by atoms with Gasteiger partial charge < -0.3 is 16.2 Å². The predicted octanol–water partition coefficient (Wildman–Crippen LogP) is 1.63. The van der Waals surface area contributed by atoms with Gasteiger partial charge in [0, 0.05) is 18.3 Å². The molecule has 0 aliphatic heterocycles. The third-order valence-corrected chi connectivity index (χ3v) is 2.58. The summed E-state index contributed by atoms with van der Waals surface area (Å²) in [7, 11) is 0. The van der Waals surface area contributed by atoms with Crippen molar-refractivity contribution >= 4 is 28.3 Å². The van der Waals surface area contributed by atoms with Crippen molar-refractivity contribution in [2.45, 2.75) is 12.9 Å². The Bertz CT molecular complexity index is 369. The molecule has 0 spiro atoms. The molecule has 8 heteroatoms. The van der Waals surface area contributed by atoms with Crippen LogP contribution in [0.2, 0.25) is 0 Å². The summed E-state index contributed by atoms with van der Waals surface area (Å²) in [4.78, 5) is 3.49. The maximum atomic E-state index is 11.9. The predicted molar refractivity (Wildman–Crippen MR) is 55.9 cm³/mol. The number of halogens is 4. The number of nitrogens with zero attached hydrogens (tertiary/aromatic N) is 1. The van der Waals surface area contributed by atoms with Gasteiger partial charge in [0.15, 0.2) is 0 Å². The van der Waals surface area contributed by atoms with Crippen molar-refractivity contribution in [3.63, 3.8) is 0 Å². The summed E-state index contributed by atoms with van der Waals surface area (Å²) in [6, 6.07) is 0. The number of hydrogen-bond donors (Lipinski definition) is 2. The average molecular weight is 333 g/mol. The lowest BCUT2D eigenvalue weighted by Crippen LogP contribution is -2.19. The molecule has 4 nitrogen and oxygen atoms in total. The quantitative estimate of drug-likeness (QED) is 0.807. The first kappa shape index (κ1) is 12.3.